The first kappa shape index (κ1) is 14.3. The normalized spacial score (nSPS) is 33.5. The van der Waals surface area contributed by atoms with E-state index in [1.165, 1.54) is 58.2 Å². The Balaban J connectivity index is 1.89. The maximum atomic E-state index is 3.53. The third-order valence-electron chi connectivity index (χ3n) is 4.90. The van der Waals surface area contributed by atoms with E-state index in [2.05, 4.69) is 31.0 Å². The average Bonchev–Trinajstić information content (AvgIpc) is 2.83. The van der Waals surface area contributed by atoms with Gasteiger partial charge in [0.05, 0.1) is 0 Å². The first-order valence-corrected chi connectivity index (χ1v) is 8.17. The molecule has 1 aliphatic carbocycles. The van der Waals surface area contributed by atoms with Gasteiger partial charge < -0.3 is 5.32 Å². The Hall–Kier alpha value is -0.0800. The fraction of sp³-hybridized carbons (Fsp3) is 1.00. The molecule has 0 aromatic rings. The summed E-state index contributed by atoms with van der Waals surface area (Å²) < 4.78 is 0. The number of nitrogens with one attached hydrogen (secondary N) is 1. The van der Waals surface area contributed by atoms with Crippen LogP contribution in [-0.4, -0.2) is 36.6 Å². The Morgan fingerprint density at radius 2 is 2.00 bits per heavy atom. The lowest BCUT2D eigenvalue weighted by Crippen LogP contribution is -2.46. The van der Waals surface area contributed by atoms with Crippen LogP contribution in [0.2, 0.25) is 0 Å². The van der Waals surface area contributed by atoms with Gasteiger partial charge in [-0.2, -0.15) is 0 Å². The van der Waals surface area contributed by atoms with Gasteiger partial charge in [-0.1, -0.05) is 33.6 Å². The van der Waals surface area contributed by atoms with Crippen LogP contribution in [0, 0.1) is 11.8 Å². The maximum Gasteiger partial charge on any atom is 0.0235 e. The summed E-state index contributed by atoms with van der Waals surface area (Å²) in [5.74, 6) is 1.86. The molecule has 1 saturated heterocycles. The van der Waals surface area contributed by atoms with Crippen LogP contribution in [-0.2, 0) is 0 Å². The summed E-state index contributed by atoms with van der Waals surface area (Å²) in [7, 11) is 0. The minimum Gasteiger partial charge on any atom is -0.315 e. The Bertz CT molecular complexity index is 233. The molecule has 0 amide bonds. The zero-order valence-electron chi connectivity index (χ0n) is 12.6. The highest BCUT2D eigenvalue weighted by Crippen LogP contribution is 2.33. The van der Waals surface area contributed by atoms with Crippen LogP contribution in [0.15, 0.2) is 0 Å². The van der Waals surface area contributed by atoms with Crippen LogP contribution in [0.3, 0.4) is 0 Å². The topological polar surface area (TPSA) is 15.3 Å². The largest absolute Gasteiger partial charge is 0.315 e. The molecule has 2 fully saturated rings. The molecular weight excluding hydrogens is 220 g/mol. The summed E-state index contributed by atoms with van der Waals surface area (Å²) >= 11 is 0. The standard InChI is InChI=1S/C16H32N2/c1-4-18(16-8-9-17-12-16)15-7-5-6-14(11-15)10-13(2)3/h13-17H,4-12H2,1-3H3. The predicted octanol–water partition coefficient (Wildman–Crippen LogP) is 3.28. The molecule has 2 aliphatic rings. The molecule has 0 spiro atoms. The van der Waals surface area contributed by atoms with Crippen molar-refractivity contribution in [2.24, 2.45) is 11.8 Å². The van der Waals surface area contributed by atoms with Crippen molar-refractivity contribution in [1.82, 2.24) is 10.2 Å². The zero-order valence-corrected chi connectivity index (χ0v) is 12.6. The average molecular weight is 252 g/mol. The van der Waals surface area contributed by atoms with E-state index in [0.29, 0.717) is 0 Å². The first-order chi connectivity index (χ1) is 8.70. The molecular formula is C16H32N2. The third kappa shape index (κ3) is 3.71. The smallest absolute Gasteiger partial charge is 0.0235 e. The lowest BCUT2D eigenvalue weighted by molar-refractivity contribution is 0.0929. The van der Waals surface area contributed by atoms with Crippen molar-refractivity contribution in [2.45, 2.75) is 71.4 Å². The lowest BCUT2D eigenvalue weighted by Gasteiger charge is -2.40. The van der Waals surface area contributed by atoms with E-state index in [0.717, 1.165) is 23.9 Å². The minimum absolute atomic E-state index is 0.817. The first-order valence-electron chi connectivity index (χ1n) is 8.17. The Morgan fingerprint density at radius 3 is 2.61 bits per heavy atom. The van der Waals surface area contributed by atoms with Crippen LogP contribution < -0.4 is 5.32 Å². The van der Waals surface area contributed by atoms with Crippen LogP contribution in [0.4, 0.5) is 0 Å². The van der Waals surface area contributed by atoms with Gasteiger partial charge in [-0.25, -0.2) is 0 Å². The summed E-state index contributed by atoms with van der Waals surface area (Å²) in [4.78, 5) is 2.81. The van der Waals surface area contributed by atoms with E-state index >= 15 is 0 Å². The highest BCUT2D eigenvalue weighted by atomic mass is 15.2. The summed E-state index contributed by atoms with van der Waals surface area (Å²) in [6.07, 6.45) is 8.64. The quantitative estimate of drug-likeness (QED) is 0.808. The van der Waals surface area contributed by atoms with Crippen LogP contribution in [0.5, 0.6) is 0 Å². The van der Waals surface area contributed by atoms with E-state index in [-0.39, 0.29) is 0 Å². The fourth-order valence-corrected chi connectivity index (χ4v) is 4.18. The number of nitrogens with zero attached hydrogens (tertiary/aromatic N) is 1. The van der Waals surface area contributed by atoms with Gasteiger partial charge in [0, 0.05) is 18.6 Å². The molecule has 3 atom stereocenters. The van der Waals surface area contributed by atoms with Gasteiger partial charge in [0.2, 0.25) is 0 Å². The van der Waals surface area contributed by atoms with Crippen LogP contribution in [0.1, 0.15) is 59.3 Å². The molecule has 2 nitrogen and oxygen atoms in total. The van der Waals surface area contributed by atoms with Crippen LogP contribution in [0.25, 0.3) is 0 Å². The van der Waals surface area contributed by atoms with Crippen molar-refractivity contribution in [3.8, 4) is 0 Å². The number of hydrogen-bond donors (Lipinski definition) is 1. The summed E-state index contributed by atoms with van der Waals surface area (Å²) in [5, 5.41) is 3.53. The number of rotatable bonds is 5. The highest BCUT2D eigenvalue weighted by Gasteiger charge is 2.31. The van der Waals surface area contributed by atoms with Crippen LogP contribution >= 0.6 is 0 Å². The summed E-state index contributed by atoms with van der Waals surface area (Å²) in [6.45, 7) is 10.8. The van der Waals surface area contributed by atoms with E-state index in [4.69, 9.17) is 0 Å². The Labute approximate surface area is 114 Å². The van der Waals surface area contributed by atoms with E-state index < -0.39 is 0 Å². The SMILES string of the molecule is CCN(C1CCNC1)C1CCCC(CC(C)C)C1. The van der Waals surface area contributed by atoms with Gasteiger partial charge >= 0.3 is 0 Å². The third-order valence-corrected chi connectivity index (χ3v) is 4.90. The van der Waals surface area contributed by atoms with E-state index in [1.807, 2.05) is 0 Å². The molecule has 3 unspecified atom stereocenters. The Kier molecular flexibility index (Phi) is 5.50. The molecule has 1 saturated carbocycles. The Morgan fingerprint density at radius 1 is 1.17 bits per heavy atom. The van der Waals surface area contributed by atoms with Crippen molar-refractivity contribution in [1.29, 1.82) is 0 Å². The van der Waals surface area contributed by atoms with Crippen molar-refractivity contribution in [2.75, 3.05) is 19.6 Å². The molecule has 0 bridgehead atoms. The van der Waals surface area contributed by atoms with Crippen molar-refractivity contribution in [3.63, 3.8) is 0 Å². The number of hydrogen-bond acceptors (Lipinski definition) is 2. The summed E-state index contributed by atoms with van der Waals surface area (Å²) in [6, 6.07) is 1.69. The van der Waals surface area contributed by atoms with Crippen molar-refractivity contribution in [3.05, 3.63) is 0 Å². The van der Waals surface area contributed by atoms with Gasteiger partial charge in [-0.05, 0) is 50.6 Å². The molecule has 18 heavy (non-hydrogen) atoms. The van der Waals surface area contributed by atoms with Gasteiger partial charge in [-0.15, -0.1) is 0 Å². The molecule has 1 N–H and O–H groups in total. The molecule has 2 rings (SSSR count). The van der Waals surface area contributed by atoms with Gasteiger partial charge in [0.15, 0.2) is 0 Å². The monoisotopic (exact) mass is 252 g/mol. The molecule has 0 aromatic heterocycles. The molecule has 1 aliphatic heterocycles. The second-order valence-electron chi connectivity index (χ2n) is 6.79. The van der Waals surface area contributed by atoms with Crippen molar-refractivity contribution >= 4 is 0 Å². The second kappa shape index (κ2) is 6.91. The zero-order chi connectivity index (χ0) is 13.0. The highest BCUT2D eigenvalue weighted by molar-refractivity contribution is 4.88. The van der Waals surface area contributed by atoms with Gasteiger partial charge in [0.1, 0.15) is 0 Å². The van der Waals surface area contributed by atoms with Gasteiger partial charge in [0.25, 0.3) is 0 Å². The second-order valence-corrected chi connectivity index (χ2v) is 6.79. The fourth-order valence-electron chi connectivity index (χ4n) is 4.18. The predicted molar refractivity (Wildman–Crippen MR) is 78.9 cm³/mol. The van der Waals surface area contributed by atoms with E-state index in [1.54, 1.807) is 0 Å². The van der Waals surface area contributed by atoms with Gasteiger partial charge in [-0.3, -0.25) is 4.90 Å². The molecule has 2 heteroatoms. The maximum absolute atomic E-state index is 3.53. The molecule has 106 valence electrons. The molecule has 0 aromatic carbocycles. The molecule has 0 radical (unpaired) electrons. The number of likely N-dealkylation sites (N-methyl/N-ethyl adjacent to an activating group) is 1. The lowest BCUT2D eigenvalue weighted by atomic mass is 9.80. The van der Waals surface area contributed by atoms with Crippen molar-refractivity contribution < 1.29 is 0 Å². The molecule has 1 heterocycles. The minimum atomic E-state index is 0.817. The van der Waals surface area contributed by atoms with E-state index in [9.17, 15) is 0 Å². The summed E-state index contributed by atoms with van der Waals surface area (Å²) in [5.41, 5.74) is 0.